The lowest BCUT2D eigenvalue weighted by molar-refractivity contribution is -0.230. The van der Waals surface area contributed by atoms with Gasteiger partial charge in [0.25, 0.3) is 0 Å². The maximum absolute atomic E-state index is 10.2. The van der Waals surface area contributed by atoms with E-state index in [4.69, 9.17) is 14.7 Å². The van der Waals surface area contributed by atoms with E-state index in [1.807, 2.05) is 0 Å². The van der Waals surface area contributed by atoms with Crippen molar-refractivity contribution in [2.45, 2.75) is 83.4 Å². The van der Waals surface area contributed by atoms with E-state index < -0.39 is 39.0 Å². The molecule has 1 rings (SSSR count). The van der Waals surface area contributed by atoms with Crippen molar-refractivity contribution in [2.24, 2.45) is 11.0 Å². The van der Waals surface area contributed by atoms with Crippen molar-refractivity contribution in [3.05, 3.63) is 10.4 Å². The molecule has 1 aliphatic heterocycles. The summed E-state index contributed by atoms with van der Waals surface area (Å²) in [4.78, 5) is 2.76. The summed E-state index contributed by atoms with van der Waals surface area (Å²) in [7, 11) is -2.23. The maximum atomic E-state index is 10.2. The SMILES string of the molecule is CC(C)C(C)(C)[Si](C)(C)O[C@H]1O[C@@H](C)[C@@H](O)[C@H](O)C1N=[N+]=[N-]. The molecule has 22 heavy (non-hydrogen) atoms. The fourth-order valence-corrected chi connectivity index (χ4v) is 4.90. The van der Waals surface area contributed by atoms with Crippen molar-refractivity contribution < 1.29 is 19.4 Å². The van der Waals surface area contributed by atoms with Crippen LogP contribution in [-0.4, -0.2) is 49.2 Å². The van der Waals surface area contributed by atoms with Crippen molar-refractivity contribution >= 4 is 8.32 Å². The minimum atomic E-state index is -2.23. The van der Waals surface area contributed by atoms with Crippen molar-refractivity contribution in [1.29, 1.82) is 0 Å². The highest BCUT2D eigenvalue weighted by Crippen LogP contribution is 2.46. The average Bonchev–Trinajstić information content (AvgIpc) is 2.40. The van der Waals surface area contributed by atoms with Gasteiger partial charge in [-0.25, -0.2) is 0 Å². The summed E-state index contributed by atoms with van der Waals surface area (Å²) in [6, 6.07) is -0.953. The van der Waals surface area contributed by atoms with Gasteiger partial charge in [-0.05, 0) is 36.5 Å². The second kappa shape index (κ2) is 6.86. The zero-order valence-electron chi connectivity index (χ0n) is 14.5. The van der Waals surface area contributed by atoms with Crippen molar-refractivity contribution in [3.8, 4) is 0 Å². The maximum Gasteiger partial charge on any atom is 0.196 e. The van der Waals surface area contributed by atoms with Crippen LogP contribution in [0.1, 0.15) is 34.6 Å². The van der Waals surface area contributed by atoms with Gasteiger partial charge in [-0.15, -0.1) is 0 Å². The van der Waals surface area contributed by atoms with Crippen LogP contribution in [0.4, 0.5) is 0 Å². The lowest BCUT2D eigenvalue weighted by atomic mass is 9.98. The van der Waals surface area contributed by atoms with E-state index in [0.717, 1.165) is 0 Å². The highest BCUT2D eigenvalue weighted by atomic mass is 28.4. The fourth-order valence-electron chi connectivity index (χ4n) is 2.43. The van der Waals surface area contributed by atoms with Crippen LogP contribution in [0, 0.1) is 5.92 Å². The van der Waals surface area contributed by atoms with E-state index in [9.17, 15) is 10.2 Å². The lowest BCUT2D eigenvalue weighted by Gasteiger charge is -2.48. The molecular weight excluding hydrogens is 302 g/mol. The Hall–Kier alpha value is -0.633. The summed E-state index contributed by atoms with van der Waals surface area (Å²) in [6.45, 7) is 14.4. The van der Waals surface area contributed by atoms with E-state index in [1.54, 1.807) is 6.92 Å². The van der Waals surface area contributed by atoms with Crippen molar-refractivity contribution in [1.82, 2.24) is 0 Å². The van der Waals surface area contributed by atoms with Gasteiger partial charge >= 0.3 is 0 Å². The molecule has 0 spiro atoms. The molecule has 0 radical (unpaired) electrons. The first-order valence-electron chi connectivity index (χ1n) is 7.69. The predicted octanol–water partition coefficient (Wildman–Crippen LogP) is 2.79. The quantitative estimate of drug-likeness (QED) is 0.349. The van der Waals surface area contributed by atoms with Gasteiger partial charge in [0.1, 0.15) is 12.1 Å². The van der Waals surface area contributed by atoms with E-state index in [-0.39, 0.29) is 5.04 Å². The first kappa shape index (κ1) is 19.4. The Bertz CT molecular complexity index is 438. The molecule has 8 heteroatoms. The largest absolute Gasteiger partial charge is 0.392 e. The van der Waals surface area contributed by atoms with Gasteiger partial charge in [0.2, 0.25) is 0 Å². The van der Waals surface area contributed by atoms with Gasteiger partial charge < -0.3 is 19.4 Å². The second-order valence-corrected chi connectivity index (χ2v) is 11.9. The van der Waals surface area contributed by atoms with Gasteiger partial charge in [-0.1, -0.05) is 32.8 Å². The molecule has 2 N–H and O–H groups in total. The molecular formula is C14H29N3O4Si. The standard InChI is InChI=1S/C14H29N3O4Si/c1-8(2)14(4,5)22(6,7)21-13-10(16-17-15)12(19)11(18)9(3)20-13/h8-13,18-19H,1-7H3/t9-,10?,11+,12+,13+/m0/s1. The number of nitrogens with zero attached hydrogens (tertiary/aromatic N) is 3. The van der Waals surface area contributed by atoms with E-state index in [1.165, 1.54) is 0 Å². The summed E-state index contributed by atoms with van der Waals surface area (Å²) in [5.41, 5.74) is 8.72. The minimum absolute atomic E-state index is 0.0402. The third kappa shape index (κ3) is 3.64. The Labute approximate surface area is 133 Å². The van der Waals surface area contributed by atoms with Crippen molar-refractivity contribution in [3.63, 3.8) is 0 Å². The van der Waals surface area contributed by atoms with Crippen LogP contribution in [0.2, 0.25) is 18.1 Å². The number of ether oxygens (including phenoxy) is 1. The zero-order valence-corrected chi connectivity index (χ0v) is 15.5. The number of aliphatic hydroxyl groups is 2. The monoisotopic (exact) mass is 331 g/mol. The molecule has 0 saturated carbocycles. The van der Waals surface area contributed by atoms with Crippen LogP contribution < -0.4 is 0 Å². The molecule has 1 aliphatic rings. The molecule has 0 aromatic rings. The number of hydrogen-bond acceptors (Lipinski definition) is 5. The number of hydrogen-bond donors (Lipinski definition) is 2. The Morgan fingerprint density at radius 1 is 1.27 bits per heavy atom. The van der Waals surface area contributed by atoms with Crippen LogP contribution in [0.3, 0.4) is 0 Å². The van der Waals surface area contributed by atoms with Crippen LogP contribution in [-0.2, 0) is 9.16 Å². The van der Waals surface area contributed by atoms with E-state index in [0.29, 0.717) is 5.92 Å². The Kier molecular flexibility index (Phi) is 6.05. The summed E-state index contributed by atoms with van der Waals surface area (Å²) in [6.07, 6.45) is -3.73. The van der Waals surface area contributed by atoms with Crippen molar-refractivity contribution in [2.75, 3.05) is 0 Å². The first-order chi connectivity index (χ1) is 9.95. The first-order valence-corrected chi connectivity index (χ1v) is 10.6. The molecule has 1 saturated heterocycles. The highest BCUT2D eigenvalue weighted by molar-refractivity contribution is 6.74. The highest BCUT2D eigenvalue weighted by Gasteiger charge is 2.50. The van der Waals surface area contributed by atoms with Crippen LogP contribution in [0.15, 0.2) is 5.11 Å². The summed E-state index contributed by atoms with van der Waals surface area (Å²) >= 11 is 0. The fraction of sp³-hybridized carbons (Fsp3) is 1.00. The third-order valence-corrected chi connectivity index (χ3v) is 9.90. The topological polar surface area (TPSA) is 108 Å². The van der Waals surface area contributed by atoms with Crippen LogP contribution in [0.5, 0.6) is 0 Å². The summed E-state index contributed by atoms with van der Waals surface area (Å²) in [5.74, 6) is 0.406. The number of azide groups is 1. The molecule has 128 valence electrons. The molecule has 1 heterocycles. The van der Waals surface area contributed by atoms with Gasteiger partial charge in [0.05, 0.1) is 12.2 Å². The molecule has 0 aliphatic carbocycles. The minimum Gasteiger partial charge on any atom is -0.392 e. The Morgan fingerprint density at radius 2 is 1.82 bits per heavy atom. The van der Waals surface area contributed by atoms with Gasteiger partial charge in [-0.3, -0.25) is 0 Å². The molecule has 0 aromatic heterocycles. The summed E-state index contributed by atoms with van der Waals surface area (Å²) < 4.78 is 11.9. The Morgan fingerprint density at radius 3 is 2.27 bits per heavy atom. The molecule has 1 fully saturated rings. The third-order valence-electron chi connectivity index (χ3n) is 5.40. The Balaban J connectivity index is 3.04. The lowest BCUT2D eigenvalue weighted by Crippen LogP contribution is -2.60. The van der Waals surface area contributed by atoms with E-state index in [2.05, 4.69) is 50.8 Å². The van der Waals surface area contributed by atoms with Crippen LogP contribution in [0.25, 0.3) is 10.4 Å². The molecule has 7 nitrogen and oxygen atoms in total. The molecule has 0 amide bonds. The smallest absolute Gasteiger partial charge is 0.196 e. The molecule has 5 atom stereocenters. The average molecular weight is 331 g/mol. The summed E-state index contributed by atoms with van der Waals surface area (Å²) in [5, 5.41) is 23.6. The second-order valence-electron chi connectivity index (χ2n) is 7.39. The van der Waals surface area contributed by atoms with Crippen LogP contribution >= 0.6 is 0 Å². The zero-order chi connectivity index (χ0) is 17.3. The normalized spacial score (nSPS) is 33.6. The molecule has 1 unspecified atom stereocenters. The number of rotatable bonds is 5. The molecule has 0 bridgehead atoms. The van der Waals surface area contributed by atoms with Gasteiger partial charge in [-0.2, -0.15) is 0 Å². The van der Waals surface area contributed by atoms with E-state index >= 15 is 0 Å². The van der Waals surface area contributed by atoms with Gasteiger partial charge in [0.15, 0.2) is 14.6 Å². The number of aliphatic hydroxyl groups excluding tert-OH is 2. The molecule has 0 aromatic carbocycles. The predicted molar refractivity (Wildman–Crippen MR) is 86.7 cm³/mol. The van der Waals surface area contributed by atoms with Gasteiger partial charge in [0, 0.05) is 4.91 Å².